The van der Waals surface area contributed by atoms with Gasteiger partial charge in [0, 0.05) is 26.9 Å². The first-order valence-corrected chi connectivity index (χ1v) is 13.7. The Bertz CT molecular complexity index is 1330. The highest BCUT2D eigenvalue weighted by atomic mass is 127. The molecule has 0 radical (unpaired) electrons. The molecule has 184 valence electrons. The summed E-state index contributed by atoms with van der Waals surface area (Å²) in [5, 5.41) is 6.34. The lowest BCUT2D eigenvalue weighted by Crippen LogP contribution is -2.56. The summed E-state index contributed by atoms with van der Waals surface area (Å²) >= 11 is 3.56. The van der Waals surface area contributed by atoms with E-state index >= 15 is 0 Å². The number of hydrogen-bond donors (Lipinski definition) is 2. The molecule has 3 aromatic carbocycles. The fraction of sp³-hybridized carbons (Fsp3) is 0.179. The Morgan fingerprint density at radius 2 is 1.61 bits per heavy atom. The third-order valence-corrected chi connectivity index (χ3v) is 8.18. The lowest BCUT2D eigenvalue weighted by Gasteiger charge is -2.27. The molecule has 0 aliphatic rings. The Morgan fingerprint density at radius 1 is 0.972 bits per heavy atom. The van der Waals surface area contributed by atoms with E-state index in [0.717, 1.165) is 16.1 Å². The average molecular weight is 612 g/mol. The monoisotopic (exact) mass is 611 g/mol. The number of amides is 2. The predicted molar refractivity (Wildman–Crippen MR) is 153 cm³/mol. The number of methoxy groups -OCH3 is 1. The summed E-state index contributed by atoms with van der Waals surface area (Å²) in [5.41, 5.74) is 2.32. The number of anilines is 1. The van der Waals surface area contributed by atoms with Crippen LogP contribution in [0.15, 0.2) is 84.9 Å². The number of nitrogens with zero attached hydrogens (tertiary/aromatic N) is 1. The highest BCUT2D eigenvalue weighted by Crippen LogP contribution is 2.33. The van der Waals surface area contributed by atoms with Gasteiger partial charge in [0.2, 0.25) is 0 Å². The van der Waals surface area contributed by atoms with E-state index in [9.17, 15) is 9.59 Å². The van der Waals surface area contributed by atoms with Gasteiger partial charge in [-0.05, 0) is 36.8 Å². The fourth-order valence-electron chi connectivity index (χ4n) is 3.58. The normalized spacial score (nSPS) is 12.4. The Hall–Kier alpha value is -3.24. The van der Waals surface area contributed by atoms with E-state index in [4.69, 9.17) is 9.72 Å². The van der Waals surface area contributed by atoms with Crippen molar-refractivity contribution in [2.45, 2.75) is 18.9 Å². The third-order valence-electron chi connectivity index (χ3n) is 5.68. The SMILES string of the molecule is COc1ccc(C(=O)NC(C)(CI)C(=O)Nc2nc(-c3ccccc3)c(Cc3ccccc3)s2)cc1. The summed E-state index contributed by atoms with van der Waals surface area (Å²) in [6, 6.07) is 26.9. The number of hydrogen-bond acceptors (Lipinski definition) is 5. The van der Waals surface area contributed by atoms with E-state index in [1.807, 2.05) is 48.5 Å². The lowest BCUT2D eigenvalue weighted by atomic mass is 10.0. The van der Waals surface area contributed by atoms with Crippen molar-refractivity contribution in [3.63, 3.8) is 0 Å². The fourth-order valence-corrected chi connectivity index (χ4v) is 5.13. The van der Waals surface area contributed by atoms with Crippen molar-refractivity contribution in [3.8, 4) is 17.0 Å². The molecule has 0 saturated heterocycles. The molecule has 1 unspecified atom stereocenters. The molecular formula is C28H26IN3O3S. The van der Waals surface area contributed by atoms with Crippen molar-refractivity contribution < 1.29 is 14.3 Å². The van der Waals surface area contributed by atoms with Crippen LogP contribution in [0.25, 0.3) is 11.3 Å². The topological polar surface area (TPSA) is 80.3 Å². The second-order valence-corrected chi connectivity index (χ2v) is 10.3. The number of rotatable bonds is 9. The molecule has 6 nitrogen and oxygen atoms in total. The highest BCUT2D eigenvalue weighted by molar-refractivity contribution is 14.1. The van der Waals surface area contributed by atoms with E-state index in [2.05, 4.69) is 45.4 Å². The largest absolute Gasteiger partial charge is 0.497 e. The lowest BCUT2D eigenvalue weighted by molar-refractivity contribution is -0.120. The maximum Gasteiger partial charge on any atom is 0.252 e. The molecule has 8 heteroatoms. The van der Waals surface area contributed by atoms with Crippen molar-refractivity contribution >= 4 is 50.9 Å². The van der Waals surface area contributed by atoms with Gasteiger partial charge in [-0.15, -0.1) is 11.3 Å². The van der Waals surface area contributed by atoms with E-state index in [1.165, 1.54) is 16.9 Å². The maximum atomic E-state index is 13.4. The van der Waals surface area contributed by atoms with Crippen LogP contribution in [0.5, 0.6) is 5.75 Å². The molecule has 2 N–H and O–H groups in total. The van der Waals surface area contributed by atoms with Gasteiger partial charge in [-0.1, -0.05) is 83.3 Å². The Labute approximate surface area is 228 Å². The second-order valence-electron chi connectivity index (χ2n) is 8.42. The molecule has 0 aliphatic carbocycles. The molecule has 1 aromatic heterocycles. The molecule has 0 aliphatic heterocycles. The molecule has 0 fully saturated rings. The zero-order chi connectivity index (χ0) is 25.5. The number of halogens is 1. The van der Waals surface area contributed by atoms with E-state index < -0.39 is 5.54 Å². The number of alkyl halides is 1. The van der Waals surface area contributed by atoms with Crippen molar-refractivity contribution in [2.75, 3.05) is 16.9 Å². The van der Waals surface area contributed by atoms with Gasteiger partial charge >= 0.3 is 0 Å². The quantitative estimate of drug-likeness (QED) is 0.181. The number of ether oxygens (including phenoxy) is 1. The van der Waals surface area contributed by atoms with Gasteiger partial charge in [0.1, 0.15) is 11.3 Å². The van der Waals surface area contributed by atoms with Gasteiger partial charge in [0.15, 0.2) is 5.13 Å². The summed E-state index contributed by atoms with van der Waals surface area (Å²) in [7, 11) is 1.57. The molecule has 1 atom stereocenters. The molecule has 0 saturated carbocycles. The van der Waals surface area contributed by atoms with E-state index in [0.29, 0.717) is 27.3 Å². The van der Waals surface area contributed by atoms with Crippen LogP contribution in [0.1, 0.15) is 27.7 Å². The van der Waals surface area contributed by atoms with Gasteiger partial charge in [0.05, 0.1) is 12.8 Å². The van der Waals surface area contributed by atoms with E-state index in [-0.39, 0.29) is 11.8 Å². The van der Waals surface area contributed by atoms with Crippen molar-refractivity contribution in [1.29, 1.82) is 0 Å². The van der Waals surface area contributed by atoms with E-state index in [1.54, 1.807) is 38.3 Å². The Balaban J connectivity index is 1.56. The molecule has 0 bridgehead atoms. The van der Waals surface area contributed by atoms with Crippen LogP contribution in [-0.4, -0.2) is 33.9 Å². The average Bonchev–Trinajstić information content (AvgIpc) is 3.31. The first-order chi connectivity index (χ1) is 17.4. The number of carbonyl (C=O) groups excluding carboxylic acids is 2. The molecule has 36 heavy (non-hydrogen) atoms. The van der Waals surface area contributed by atoms with Gasteiger partial charge in [-0.2, -0.15) is 0 Å². The molecule has 4 aromatic rings. The predicted octanol–water partition coefficient (Wildman–Crippen LogP) is 5.97. The Kier molecular flexibility index (Phi) is 8.37. The summed E-state index contributed by atoms with van der Waals surface area (Å²) in [5.74, 6) is 0.00415. The molecule has 0 spiro atoms. The minimum Gasteiger partial charge on any atom is -0.497 e. The maximum absolute atomic E-state index is 13.4. The third kappa shape index (κ3) is 6.11. The number of benzene rings is 3. The first-order valence-electron chi connectivity index (χ1n) is 11.3. The number of aromatic nitrogens is 1. The minimum absolute atomic E-state index is 0.321. The first kappa shape index (κ1) is 25.8. The van der Waals surface area contributed by atoms with Crippen LogP contribution < -0.4 is 15.4 Å². The zero-order valence-corrected chi connectivity index (χ0v) is 22.9. The van der Waals surface area contributed by atoms with Crippen LogP contribution in [0, 0.1) is 0 Å². The standard InChI is InChI=1S/C28H26IN3O3S/c1-28(18-29,32-25(33)21-13-15-22(35-2)16-14-21)26(34)31-27-30-24(20-11-7-4-8-12-20)23(36-27)17-19-9-5-3-6-10-19/h3-16H,17-18H2,1-2H3,(H,32,33)(H,30,31,34). The Morgan fingerprint density at radius 3 is 2.22 bits per heavy atom. The number of nitrogens with one attached hydrogen (secondary N) is 2. The van der Waals surface area contributed by atoms with Crippen LogP contribution >= 0.6 is 33.9 Å². The summed E-state index contributed by atoms with van der Waals surface area (Å²) < 4.78 is 5.54. The minimum atomic E-state index is -1.13. The van der Waals surface area contributed by atoms with Gasteiger partial charge < -0.3 is 10.1 Å². The van der Waals surface area contributed by atoms with Crippen molar-refractivity contribution in [1.82, 2.24) is 10.3 Å². The number of carbonyl (C=O) groups is 2. The summed E-state index contributed by atoms with van der Waals surface area (Å²) in [6.07, 6.45) is 0.705. The van der Waals surface area contributed by atoms with Crippen LogP contribution in [0.3, 0.4) is 0 Å². The molecule has 1 heterocycles. The van der Waals surface area contributed by atoms with Crippen LogP contribution in [-0.2, 0) is 11.2 Å². The zero-order valence-electron chi connectivity index (χ0n) is 20.0. The highest BCUT2D eigenvalue weighted by Gasteiger charge is 2.35. The van der Waals surface area contributed by atoms with Crippen molar-refractivity contribution in [3.05, 3.63) is 101 Å². The number of thiazole rings is 1. The summed E-state index contributed by atoms with van der Waals surface area (Å²) in [6.45, 7) is 1.72. The molecule has 2 amide bonds. The van der Waals surface area contributed by atoms with Gasteiger partial charge in [-0.25, -0.2) is 4.98 Å². The second kappa shape index (κ2) is 11.7. The van der Waals surface area contributed by atoms with Gasteiger partial charge in [-0.3, -0.25) is 14.9 Å². The molecular weight excluding hydrogens is 585 g/mol. The smallest absolute Gasteiger partial charge is 0.252 e. The van der Waals surface area contributed by atoms with Crippen LogP contribution in [0.4, 0.5) is 5.13 Å². The molecule has 4 rings (SSSR count). The van der Waals surface area contributed by atoms with Gasteiger partial charge in [0.25, 0.3) is 11.8 Å². The van der Waals surface area contributed by atoms with Crippen molar-refractivity contribution in [2.24, 2.45) is 0 Å². The summed E-state index contributed by atoms with van der Waals surface area (Å²) in [4.78, 5) is 32.1. The van der Waals surface area contributed by atoms with Crippen LogP contribution in [0.2, 0.25) is 0 Å².